The molecule has 14 rings (SSSR count). The average molecular weight is 1430 g/mol. The maximum atomic E-state index is 14.4. The van der Waals surface area contributed by atoms with E-state index in [1.54, 1.807) is 9.80 Å². The Morgan fingerprint density at radius 2 is 1.00 bits per heavy atom. The van der Waals surface area contributed by atoms with E-state index in [0.29, 0.717) is 55.6 Å². The van der Waals surface area contributed by atoms with Gasteiger partial charge in [-0.2, -0.15) is 0 Å². The Labute approximate surface area is 587 Å². The molecule has 10 atom stereocenters. The number of benzene rings is 4. The lowest BCUT2D eigenvalue weighted by Crippen LogP contribution is -2.58. The van der Waals surface area contributed by atoms with Gasteiger partial charge in [0, 0.05) is 37.8 Å². The second-order valence-corrected chi connectivity index (χ2v) is 32.4. The van der Waals surface area contributed by atoms with Crippen molar-refractivity contribution in [3.8, 4) is 10.4 Å². The monoisotopic (exact) mass is 1430 g/mol. The van der Waals surface area contributed by atoms with E-state index in [2.05, 4.69) is 36.0 Å². The quantitative estimate of drug-likeness (QED) is 0.0472. The molecule has 4 aromatic carbocycles. The van der Waals surface area contributed by atoms with E-state index in [0.717, 1.165) is 95.8 Å². The molecule has 6 heterocycles. The highest BCUT2D eigenvalue weighted by Crippen LogP contribution is 2.47. The third kappa shape index (κ3) is 18.5. The van der Waals surface area contributed by atoms with Crippen LogP contribution in [0.15, 0.2) is 133 Å². The van der Waals surface area contributed by atoms with Crippen molar-refractivity contribution in [1.29, 1.82) is 0 Å². The number of nitrogens with zero attached hydrogens (tertiary/aromatic N) is 4. The Morgan fingerprint density at radius 1 is 0.576 bits per heavy atom. The number of carboxylic acids is 1. The van der Waals surface area contributed by atoms with Crippen LogP contribution in [0.2, 0.25) is 0 Å². The lowest BCUT2D eigenvalue weighted by atomic mass is 10.0. The van der Waals surface area contributed by atoms with Crippen molar-refractivity contribution in [1.82, 2.24) is 45.8 Å². The number of primary sulfonamides is 1. The van der Waals surface area contributed by atoms with Crippen LogP contribution in [-0.4, -0.2) is 148 Å². The number of hydrogen-bond acceptors (Lipinski definition) is 18. The maximum Gasteiger partial charge on any atom is 0.330 e. The van der Waals surface area contributed by atoms with Crippen molar-refractivity contribution in [2.75, 3.05) is 13.1 Å². The lowest BCUT2D eigenvalue weighted by molar-refractivity contribution is -0.145. The molecule has 5 amide bonds. The summed E-state index contributed by atoms with van der Waals surface area (Å²) in [7, 11) is -6.95. The van der Waals surface area contributed by atoms with Crippen LogP contribution >= 0.6 is 22.7 Å². The van der Waals surface area contributed by atoms with Crippen molar-refractivity contribution in [3.63, 3.8) is 0 Å². The van der Waals surface area contributed by atoms with Gasteiger partial charge < -0.3 is 45.6 Å². The van der Waals surface area contributed by atoms with E-state index >= 15 is 0 Å². The molecule has 0 radical (unpaired) electrons. The molecule has 532 valence electrons. The highest BCUT2D eigenvalue weighted by molar-refractivity contribution is 7.91. The molecule has 23 nitrogen and oxygen atoms in total. The Hall–Kier alpha value is -7.66. The fourth-order valence-corrected chi connectivity index (χ4v) is 17.2. The zero-order chi connectivity index (χ0) is 67.9. The van der Waals surface area contributed by atoms with Gasteiger partial charge in [0.05, 0.1) is 56.1 Å². The van der Waals surface area contributed by atoms with Gasteiger partial charge in [-0.3, -0.25) is 28.7 Å². The number of carbonyl (C=O) groups excluding carboxylic acids is 5. The number of nitrogens with one attached hydrogen (secondary N) is 5. The number of rotatable bonds is 15. The summed E-state index contributed by atoms with van der Waals surface area (Å²) in [5.74, 6) is -3.68. The number of nitrogens with two attached hydrogens (primary N) is 1. The van der Waals surface area contributed by atoms with Gasteiger partial charge >= 0.3 is 5.97 Å². The molecule has 0 bridgehead atoms. The fourth-order valence-electron chi connectivity index (χ4n) is 13.3. The third-order valence-electron chi connectivity index (χ3n) is 19.3. The second-order valence-electron chi connectivity index (χ2n) is 26.6. The minimum absolute atomic E-state index is 0. The number of hydrogen-bond donors (Lipinski definition) is 7. The number of allylic oxidation sites excluding steroid dienone is 2. The Kier molecular flexibility index (Phi) is 24.2. The molecule has 27 heteroatoms. The average Bonchev–Trinajstić information content (AvgIpc) is 1.56. The molecular formula is C72H92N10O13S4. The molecule has 8 aliphatic rings. The Bertz CT molecular complexity index is 4070. The number of amides is 5. The van der Waals surface area contributed by atoms with Crippen LogP contribution < -0.4 is 40.6 Å². The summed E-state index contributed by atoms with van der Waals surface area (Å²) in [6.07, 6.45) is 18.9. The fraction of sp³-hybridized carbons (Fsp3) is 0.500. The van der Waals surface area contributed by atoms with E-state index in [4.69, 9.17) is 14.6 Å². The van der Waals surface area contributed by atoms with Crippen molar-refractivity contribution in [2.45, 2.75) is 201 Å². The van der Waals surface area contributed by atoms with Crippen molar-refractivity contribution in [2.24, 2.45) is 17.0 Å². The van der Waals surface area contributed by atoms with Gasteiger partial charge in [-0.25, -0.2) is 36.7 Å². The Morgan fingerprint density at radius 3 is 1.42 bits per heavy atom. The van der Waals surface area contributed by atoms with Crippen LogP contribution in [0.5, 0.6) is 10.4 Å². The van der Waals surface area contributed by atoms with Crippen LogP contribution in [-0.2, 0) is 61.9 Å². The summed E-state index contributed by atoms with van der Waals surface area (Å²) in [6.45, 7) is 1.42. The van der Waals surface area contributed by atoms with Crippen LogP contribution in [0.1, 0.15) is 142 Å². The summed E-state index contributed by atoms with van der Waals surface area (Å²) < 4.78 is 62.6. The van der Waals surface area contributed by atoms with Gasteiger partial charge in [0.15, 0.2) is 0 Å². The number of thiazole rings is 2. The van der Waals surface area contributed by atoms with Gasteiger partial charge in [0.2, 0.25) is 43.7 Å². The smallest absolute Gasteiger partial charge is 0.330 e. The van der Waals surface area contributed by atoms with E-state index < -0.39 is 96.4 Å². The topological polar surface area (TPSA) is 328 Å². The predicted octanol–water partition coefficient (Wildman–Crippen LogP) is 8.80. The minimum Gasteiger partial charge on any atom is -0.479 e. The number of para-hydroxylation sites is 2. The predicted molar refractivity (Wildman–Crippen MR) is 382 cm³/mol. The molecule has 4 saturated carbocycles. The van der Waals surface area contributed by atoms with Crippen molar-refractivity contribution >= 4 is 98.7 Å². The van der Waals surface area contributed by atoms with Crippen LogP contribution in [0, 0.1) is 11.8 Å². The number of ether oxygens (including phenoxy) is 2. The number of carboxylic acid groups (broad SMARTS) is 1. The number of sulfonamides is 2. The molecule has 2 aromatic heterocycles. The minimum atomic E-state index is -3.82. The van der Waals surface area contributed by atoms with Crippen LogP contribution in [0.3, 0.4) is 0 Å². The third-order valence-corrected chi connectivity index (χ3v) is 24.4. The molecule has 6 aromatic rings. The lowest BCUT2D eigenvalue weighted by Gasteiger charge is -2.30. The first-order chi connectivity index (χ1) is 46.7. The normalized spacial score (nSPS) is 27.9. The van der Waals surface area contributed by atoms with Gasteiger partial charge in [0.1, 0.15) is 35.4 Å². The first kappa shape index (κ1) is 74.0. The maximum absolute atomic E-state index is 14.4. The molecular weight excluding hydrogens is 1340 g/mol. The zero-order valence-electron chi connectivity index (χ0n) is 53.9. The van der Waals surface area contributed by atoms with Crippen molar-refractivity contribution < 1.29 is 60.2 Å². The number of aliphatic carboxylic acids is 1. The van der Waals surface area contributed by atoms with Crippen molar-refractivity contribution in [3.05, 3.63) is 145 Å². The molecule has 4 aliphatic carbocycles. The summed E-state index contributed by atoms with van der Waals surface area (Å²) in [5, 5.41) is 27.6. The van der Waals surface area contributed by atoms with E-state index in [1.807, 2.05) is 133 Å². The SMILES string of the molecule is C.C.NS(=O)(=O)C1CC1.O=C1N[C@]2(C(=O)NS(=O)(=O)C3CC3)C[C@H]2/C=C\CCCCC[C@H](NCc2ccccc2)C(=O)N2C[C@H](Oc3nc4ccccc4s3)C[C@@H]12.O=C1N[C@]2(C(=O)O)C[C@H]2/C=C\CCCCC[C@H](NCc2ccccc2)C(=O)N2C[C@H](Oc3nc4ccccc4s3)C[C@@H]12. The first-order valence-corrected chi connectivity index (χ1v) is 38.5. The van der Waals surface area contributed by atoms with E-state index in [9.17, 15) is 50.7 Å². The first-order valence-electron chi connectivity index (χ1n) is 33.7. The molecule has 6 fully saturated rings. The molecule has 0 spiro atoms. The summed E-state index contributed by atoms with van der Waals surface area (Å²) in [6, 6.07) is 32.5. The number of fused-ring (bicyclic) bond motifs is 6. The van der Waals surface area contributed by atoms with Crippen LogP contribution in [0.4, 0.5) is 0 Å². The van der Waals surface area contributed by atoms with Crippen LogP contribution in [0.25, 0.3) is 20.4 Å². The Balaban J connectivity index is 0.000000192. The zero-order valence-corrected chi connectivity index (χ0v) is 57.1. The van der Waals surface area contributed by atoms with Gasteiger partial charge in [-0.15, -0.1) is 0 Å². The van der Waals surface area contributed by atoms with Gasteiger partial charge in [0.25, 0.3) is 16.3 Å². The highest BCUT2D eigenvalue weighted by Gasteiger charge is 2.63. The molecule has 8 N–H and O–H groups in total. The number of aromatic nitrogens is 2. The largest absolute Gasteiger partial charge is 0.479 e. The van der Waals surface area contributed by atoms with Gasteiger partial charge in [-0.1, -0.05) is 172 Å². The van der Waals surface area contributed by atoms with Gasteiger partial charge in [-0.05, 0) is 112 Å². The number of carbonyl (C=O) groups is 6. The summed E-state index contributed by atoms with van der Waals surface area (Å²) >= 11 is 2.84. The molecule has 4 aliphatic heterocycles. The highest BCUT2D eigenvalue weighted by atomic mass is 32.2. The summed E-state index contributed by atoms with van der Waals surface area (Å²) in [4.78, 5) is 94.8. The van der Waals surface area contributed by atoms with E-state index in [-0.39, 0.29) is 76.1 Å². The second kappa shape index (κ2) is 32.3. The summed E-state index contributed by atoms with van der Waals surface area (Å²) in [5.41, 5.74) is 1.03. The molecule has 0 unspecified atom stereocenters. The standard InChI is InChI=1S/C35H41N5O6S2.C32H36N4O5S.C3H7NO2S.2CH4/c41-31-29-19-25(46-34-37-27-14-9-10-16-30(27)47-34)22-40(29)32(42)28(36-21-23-11-5-4-6-12-23)15-8-3-1-2-7-13-24-20-35(24,38-31)33(43)39-48(44,45)26-17-18-26;37-28-26-17-23(41-31-34-24-14-9-10-16-27(24)42-31)20-36(26)29(38)25(33-19-21-11-5-4-6-12-21)15-8-3-1-2-7-13-22-18-32(22,35-28)30(39)40;4-7(5,6)3-1-2-3;;/h4-7,9-14,16,24-26,28-29,36H,1-3,8,15,17-22H2,(H,38,41)(H,39,43);4-7,9-14,16,22-23,25-26,33H,1-3,8,15,17-20H2,(H,35,37)(H,39,40);3H,1-2H2,(H2,4,5,6);2*1H4/b2*13-7-;;;/t24-,25-,28+,29+,35-;22-,23-,25+,26+,32-;;;/m11.../s1. The molecule has 99 heavy (non-hydrogen) atoms. The van der Waals surface area contributed by atoms with E-state index in [1.165, 1.54) is 22.7 Å². The molecule has 2 saturated heterocycles.